The highest BCUT2D eigenvalue weighted by Crippen LogP contribution is 2.25. The number of nitriles is 1. The van der Waals surface area contributed by atoms with E-state index in [4.69, 9.17) is 5.26 Å². The van der Waals surface area contributed by atoms with Crippen LogP contribution in [0.5, 0.6) is 0 Å². The third kappa shape index (κ3) is 5.49. The van der Waals surface area contributed by atoms with E-state index in [9.17, 15) is 4.79 Å². The molecule has 2 amide bonds. The van der Waals surface area contributed by atoms with Crippen LogP contribution < -0.4 is 10.6 Å². The van der Waals surface area contributed by atoms with Crippen molar-refractivity contribution in [3.63, 3.8) is 0 Å². The van der Waals surface area contributed by atoms with Gasteiger partial charge in [0.1, 0.15) is 0 Å². The van der Waals surface area contributed by atoms with Crippen LogP contribution in [0.4, 0.5) is 4.79 Å². The highest BCUT2D eigenvalue weighted by molar-refractivity contribution is 7.98. The largest absolute Gasteiger partial charge is 0.338 e. The van der Waals surface area contributed by atoms with Gasteiger partial charge in [0.2, 0.25) is 0 Å². The van der Waals surface area contributed by atoms with Crippen LogP contribution >= 0.6 is 23.1 Å². The van der Waals surface area contributed by atoms with E-state index in [1.807, 2.05) is 36.4 Å². The summed E-state index contributed by atoms with van der Waals surface area (Å²) < 4.78 is 1.28. The standard InChI is InChI=1S/C21H21N3OS2/c22-13-16-5-1-2-6-17(16)14-26-12-11-24-21(25)23-10-9-18-15-27-20-8-4-3-7-19(18)20/h1-8,15H,9-12,14H2,(H2,23,24,25). The van der Waals surface area contributed by atoms with Gasteiger partial charge in [0.15, 0.2) is 0 Å². The number of thioether (sulfide) groups is 1. The first-order valence-corrected chi connectivity index (χ1v) is 10.8. The van der Waals surface area contributed by atoms with Crippen LogP contribution in [0.3, 0.4) is 0 Å². The van der Waals surface area contributed by atoms with Gasteiger partial charge in [-0.2, -0.15) is 17.0 Å². The first kappa shape index (κ1) is 19.3. The van der Waals surface area contributed by atoms with Crippen molar-refractivity contribution in [3.05, 3.63) is 70.6 Å². The monoisotopic (exact) mass is 395 g/mol. The van der Waals surface area contributed by atoms with E-state index in [0.29, 0.717) is 13.1 Å². The van der Waals surface area contributed by atoms with Crippen molar-refractivity contribution in [2.45, 2.75) is 12.2 Å². The molecule has 4 nitrogen and oxygen atoms in total. The summed E-state index contributed by atoms with van der Waals surface area (Å²) in [6, 6.07) is 18.0. The predicted molar refractivity (Wildman–Crippen MR) is 114 cm³/mol. The van der Waals surface area contributed by atoms with Gasteiger partial charge >= 0.3 is 6.03 Å². The normalized spacial score (nSPS) is 10.5. The Hall–Kier alpha value is -2.49. The first-order chi connectivity index (χ1) is 13.3. The number of carbonyl (C=O) groups excluding carboxylic acids is 1. The maximum atomic E-state index is 11.9. The summed E-state index contributed by atoms with van der Waals surface area (Å²) in [5, 5.41) is 18.3. The minimum absolute atomic E-state index is 0.132. The third-order valence-corrected chi connectivity index (χ3v) is 6.19. The lowest BCUT2D eigenvalue weighted by Crippen LogP contribution is -2.37. The summed E-state index contributed by atoms with van der Waals surface area (Å²) in [5.41, 5.74) is 3.04. The van der Waals surface area contributed by atoms with Crippen LogP contribution in [-0.2, 0) is 12.2 Å². The minimum atomic E-state index is -0.132. The minimum Gasteiger partial charge on any atom is -0.338 e. The van der Waals surface area contributed by atoms with Gasteiger partial charge in [0.05, 0.1) is 11.6 Å². The molecule has 27 heavy (non-hydrogen) atoms. The van der Waals surface area contributed by atoms with Gasteiger partial charge in [-0.25, -0.2) is 4.79 Å². The second-order valence-corrected chi connectivity index (χ2v) is 8.03. The van der Waals surface area contributed by atoms with Gasteiger partial charge in [-0.1, -0.05) is 36.4 Å². The SMILES string of the molecule is N#Cc1ccccc1CSCCNC(=O)NCCc1csc2ccccc12. The topological polar surface area (TPSA) is 64.9 Å². The number of amides is 2. The quantitative estimate of drug-likeness (QED) is 0.550. The maximum absolute atomic E-state index is 11.9. The lowest BCUT2D eigenvalue weighted by molar-refractivity contribution is 0.241. The molecular formula is C21H21N3OS2. The molecule has 1 aromatic heterocycles. The zero-order valence-electron chi connectivity index (χ0n) is 14.9. The third-order valence-electron chi connectivity index (χ3n) is 4.17. The summed E-state index contributed by atoms with van der Waals surface area (Å²) in [4.78, 5) is 11.9. The van der Waals surface area contributed by atoms with E-state index in [1.54, 1.807) is 23.1 Å². The van der Waals surface area contributed by atoms with Crippen LogP contribution in [0.25, 0.3) is 10.1 Å². The average molecular weight is 396 g/mol. The fourth-order valence-corrected chi connectivity index (χ4v) is 4.63. The van der Waals surface area contributed by atoms with Gasteiger partial charge in [0.25, 0.3) is 0 Å². The van der Waals surface area contributed by atoms with Crippen molar-refractivity contribution < 1.29 is 4.79 Å². The van der Waals surface area contributed by atoms with Crippen molar-refractivity contribution in [1.29, 1.82) is 5.26 Å². The molecule has 0 saturated heterocycles. The van der Waals surface area contributed by atoms with Crippen LogP contribution in [0.1, 0.15) is 16.7 Å². The van der Waals surface area contributed by atoms with Gasteiger partial charge in [0, 0.05) is 29.3 Å². The zero-order valence-corrected chi connectivity index (χ0v) is 16.5. The lowest BCUT2D eigenvalue weighted by atomic mass is 10.1. The Morgan fingerprint density at radius 1 is 1.04 bits per heavy atom. The number of thiophene rings is 1. The molecule has 1 heterocycles. The van der Waals surface area contributed by atoms with Crippen molar-refractivity contribution in [1.82, 2.24) is 10.6 Å². The smallest absolute Gasteiger partial charge is 0.314 e. The Labute approximate surface area is 167 Å². The molecule has 0 aliphatic rings. The fourth-order valence-electron chi connectivity index (χ4n) is 2.77. The molecule has 0 fully saturated rings. The van der Waals surface area contributed by atoms with Gasteiger partial charge in [-0.05, 0) is 40.4 Å². The number of urea groups is 1. The first-order valence-electron chi connectivity index (χ1n) is 8.80. The molecule has 0 saturated carbocycles. The second-order valence-electron chi connectivity index (χ2n) is 6.01. The van der Waals surface area contributed by atoms with Gasteiger partial charge in [-0.15, -0.1) is 11.3 Å². The van der Waals surface area contributed by atoms with Gasteiger partial charge in [-0.3, -0.25) is 0 Å². The van der Waals surface area contributed by atoms with Crippen LogP contribution in [0.2, 0.25) is 0 Å². The predicted octanol–water partition coefficient (Wildman–Crippen LogP) is 4.55. The second kappa shape index (κ2) is 10.0. The number of hydrogen-bond acceptors (Lipinski definition) is 4. The molecule has 0 atom stereocenters. The molecule has 0 aliphatic carbocycles. The number of hydrogen-bond donors (Lipinski definition) is 2. The number of rotatable bonds is 8. The number of carbonyl (C=O) groups is 1. The van der Waals surface area contributed by atoms with E-state index in [0.717, 1.165) is 29.1 Å². The molecule has 2 N–H and O–H groups in total. The Morgan fingerprint density at radius 2 is 1.81 bits per heavy atom. The molecular weight excluding hydrogens is 374 g/mol. The summed E-state index contributed by atoms with van der Waals surface area (Å²) in [6.45, 7) is 1.22. The molecule has 2 aromatic carbocycles. The zero-order chi connectivity index (χ0) is 18.9. The highest BCUT2D eigenvalue weighted by atomic mass is 32.2. The summed E-state index contributed by atoms with van der Waals surface area (Å²) >= 11 is 3.45. The molecule has 3 rings (SSSR count). The molecule has 0 radical (unpaired) electrons. The van der Waals surface area contributed by atoms with E-state index in [-0.39, 0.29) is 6.03 Å². The molecule has 6 heteroatoms. The van der Waals surface area contributed by atoms with Crippen LogP contribution in [0.15, 0.2) is 53.9 Å². The van der Waals surface area contributed by atoms with Crippen molar-refractivity contribution in [3.8, 4) is 6.07 Å². The highest BCUT2D eigenvalue weighted by Gasteiger charge is 2.05. The van der Waals surface area contributed by atoms with E-state index in [2.05, 4.69) is 34.2 Å². The fraction of sp³-hybridized carbons (Fsp3) is 0.238. The van der Waals surface area contributed by atoms with Crippen LogP contribution in [-0.4, -0.2) is 24.9 Å². The molecule has 0 aliphatic heterocycles. The maximum Gasteiger partial charge on any atom is 0.314 e. The Kier molecular flexibility index (Phi) is 7.14. The van der Waals surface area contributed by atoms with Crippen LogP contribution in [0, 0.1) is 11.3 Å². The molecule has 3 aromatic rings. The number of nitrogens with zero attached hydrogens (tertiary/aromatic N) is 1. The molecule has 138 valence electrons. The van der Waals surface area contributed by atoms with E-state index < -0.39 is 0 Å². The van der Waals surface area contributed by atoms with Crippen molar-refractivity contribution >= 4 is 39.2 Å². The summed E-state index contributed by atoms with van der Waals surface area (Å²) in [7, 11) is 0. The summed E-state index contributed by atoms with van der Waals surface area (Å²) in [5.74, 6) is 1.58. The molecule has 0 unspecified atom stereocenters. The van der Waals surface area contributed by atoms with E-state index >= 15 is 0 Å². The van der Waals surface area contributed by atoms with Crippen molar-refractivity contribution in [2.75, 3.05) is 18.8 Å². The number of nitrogens with one attached hydrogen (secondary N) is 2. The van der Waals surface area contributed by atoms with Crippen molar-refractivity contribution in [2.24, 2.45) is 0 Å². The van der Waals surface area contributed by atoms with E-state index in [1.165, 1.54) is 15.6 Å². The Bertz CT molecular complexity index is 946. The number of benzene rings is 2. The Balaban J connectivity index is 1.31. The lowest BCUT2D eigenvalue weighted by Gasteiger charge is -2.08. The number of fused-ring (bicyclic) bond motifs is 1. The van der Waals surface area contributed by atoms with Gasteiger partial charge < -0.3 is 10.6 Å². The molecule has 0 spiro atoms. The Morgan fingerprint density at radius 3 is 2.70 bits per heavy atom. The summed E-state index contributed by atoms with van der Waals surface area (Å²) in [6.07, 6.45) is 0.830. The molecule has 0 bridgehead atoms. The average Bonchev–Trinajstić information content (AvgIpc) is 3.11.